The number of carbonyl (C=O) groups is 1. The molecule has 1 amide bonds. The molecule has 8 heteroatoms. The fourth-order valence-corrected chi connectivity index (χ4v) is 3.68. The number of ether oxygens (including phenoxy) is 1. The van der Waals surface area contributed by atoms with Crippen LogP contribution in [0, 0.1) is 0 Å². The second-order valence-corrected chi connectivity index (χ2v) is 7.78. The highest BCUT2D eigenvalue weighted by atomic mass is 35.5. The minimum absolute atomic E-state index is 0.0820. The first-order valence-electron chi connectivity index (χ1n) is 8.39. The van der Waals surface area contributed by atoms with Gasteiger partial charge in [-0.05, 0) is 62.0 Å². The van der Waals surface area contributed by atoms with Gasteiger partial charge in [-0.3, -0.25) is 10.1 Å². The molecule has 2 aromatic carbocycles. The molecule has 0 saturated carbocycles. The van der Waals surface area contributed by atoms with Gasteiger partial charge in [-0.25, -0.2) is 4.98 Å². The number of rotatable bonds is 5. The number of thiocarbonyl (C=S) groups is 1. The Kier molecular flexibility index (Phi) is 6.26. The number of amides is 1. The number of hydrogen-bond acceptors (Lipinski definition) is 5. The van der Waals surface area contributed by atoms with Gasteiger partial charge in [0.25, 0.3) is 5.91 Å². The lowest BCUT2D eigenvalue weighted by Gasteiger charge is -2.13. The number of fused-ring (bicyclic) bond motifs is 1. The molecule has 0 spiro atoms. The molecule has 5 nitrogen and oxygen atoms in total. The van der Waals surface area contributed by atoms with Gasteiger partial charge in [-0.1, -0.05) is 35.9 Å². The third-order valence-corrected chi connectivity index (χ3v) is 5.18. The summed E-state index contributed by atoms with van der Waals surface area (Å²) in [5.41, 5.74) is 1.28. The Morgan fingerprint density at radius 1 is 1.33 bits per heavy atom. The molecule has 1 heterocycles. The number of thiazole rings is 1. The van der Waals surface area contributed by atoms with Crippen LogP contribution in [0.1, 0.15) is 30.6 Å². The molecule has 0 radical (unpaired) electrons. The summed E-state index contributed by atoms with van der Waals surface area (Å²) in [7, 11) is 0. The summed E-state index contributed by atoms with van der Waals surface area (Å²) in [6, 6.07) is 12.5. The fourth-order valence-electron chi connectivity index (χ4n) is 2.28. The molecule has 0 aliphatic heterocycles. The zero-order valence-corrected chi connectivity index (χ0v) is 17.2. The Balaban J connectivity index is 1.64. The van der Waals surface area contributed by atoms with Crippen LogP contribution in [0.15, 0.2) is 42.5 Å². The summed E-state index contributed by atoms with van der Waals surface area (Å²) in [6.45, 7) is 4.03. The van der Waals surface area contributed by atoms with E-state index in [2.05, 4.69) is 15.6 Å². The Labute approximate surface area is 171 Å². The summed E-state index contributed by atoms with van der Waals surface area (Å²) in [5, 5.41) is 7.02. The smallest absolute Gasteiger partial charge is 0.257 e. The number of anilines is 1. The maximum Gasteiger partial charge on any atom is 0.257 e. The lowest BCUT2D eigenvalue weighted by Crippen LogP contribution is -2.34. The molecule has 1 atom stereocenters. The molecular formula is C19H18ClN3O2S2. The van der Waals surface area contributed by atoms with Crippen molar-refractivity contribution in [2.75, 3.05) is 5.32 Å². The number of halogens is 1. The molecule has 0 fully saturated rings. The minimum atomic E-state index is -0.314. The van der Waals surface area contributed by atoms with Crippen molar-refractivity contribution in [1.29, 1.82) is 0 Å². The average Bonchev–Trinajstić information content (AvgIpc) is 3.02. The SMILES string of the molecule is CC[C@H](C)Oc1cccc(C(=O)NC(=S)Nc2nc3ccc(Cl)cc3s2)c1. The Morgan fingerprint density at radius 3 is 2.93 bits per heavy atom. The van der Waals surface area contributed by atoms with Gasteiger partial charge in [0.15, 0.2) is 10.2 Å². The van der Waals surface area contributed by atoms with Crippen molar-refractivity contribution in [2.24, 2.45) is 0 Å². The zero-order chi connectivity index (χ0) is 19.4. The Morgan fingerprint density at radius 2 is 2.15 bits per heavy atom. The molecule has 0 aliphatic carbocycles. The maximum atomic E-state index is 12.4. The van der Waals surface area contributed by atoms with Crippen molar-refractivity contribution in [3.63, 3.8) is 0 Å². The van der Waals surface area contributed by atoms with Gasteiger partial charge in [-0.15, -0.1) is 0 Å². The molecule has 140 valence electrons. The first-order chi connectivity index (χ1) is 12.9. The molecular weight excluding hydrogens is 402 g/mol. The summed E-state index contributed by atoms with van der Waals surface area (Å²) in [4.78, 5) is 16.9. The number of nitrogens with zero attached hydrogens (tertiary/aromatic N) is 1. The van der Waals surface area contributed by atoms with Gasteiger partial charge in [0.1, 0.15) is 5.75 Å². The summed E-state index contributed by atoms with van der Waals surface area (Å²) in [5.74, 6) is 0.338. The van der Waals surface area contributed by atoms with Gasteiger partial charge in [-0.2, -0.15) is 0 Å². The normalized spacial score (nSPS) is 11.8. The fraction of sp³-hybridized carbons (Fsp3) is 0.211. The van der Waals surface area contributed by atoms with E-state index < -0.39 is 0 Å². The van der Waals surface area contributed by atoms with E-state index in [0.717, 1.165) is 16.6 Å². The number of benzene rings is 2. The van der Waals surface area contributed by atoms with Crippen molar-refractivity contribution in [1.82, 2.24) is 10.3 Å². The van der Waals surface area contributed by atoms with Crippen molar-refractivity contribution in [3.8, 4) is 5.75 Å². The lowest BCUT2D eigenvalue weighted by atomic mass is 10.2. The second kappa shape index (κ2) is 8.65. The van der Waals surface area contributed by atoms with E-state index in [1.54, 1.807) is 24.3 Å². The van der Waals surface area contributed by atoms with Crippen LogP contribution in [0.3, 0.4) is 0 Å². The van der Waals surface area contributed by atoms with Crippen molar-refractivity contribution < 1.29 is 9.53 Å². The topological polar surface area (TPSA) is 63.2 Å². The van der Waals surface area contributed by atoms with Crippen LogP contribution in [0.5, 0.6) is 5.75 Å². The molecule has 1 aromatic heterocycles. The zero-order valence-electron chi connectivity index (χ0n) is 14.8. The Bertz CT molecular complexity index is 990. The minimum Gasteiger partial charge on any atom is -0.491 e. The van der Waals surface area contributed by atoms with E-state index in [1.807, 2.05) is 32.0 Å². The highest BCUT2D eigenvalue weighted by Crippen LogP contribution is 2.28. The van der Waals surface area contributed by atoms with Gasteiger partial charge < -0.3 is 10.1 Å². The monoisotopic (exact) mass is 419 g/mol. The summed E-state index contributed by atoms with van der Waals surface area (Å²) < 4.78 is 6.69. The average molecular weight is 420 g/mol. The summed E-state index contributed by atoms with van der Waals surface area (Å²) >= 11 is 12.6. The van der Waals surface area contributed by atoms with Crippen LogP contribution in [0.25, 0.3) is 10.2 Å². The van der Waals surface area contributed by atoms with Crippen LogP contribution < -0.4 is 15.4 Å². The van der Waals surface area contributed by atoms with Crippen LogP contribution in [-0.2, 0) is 0 Å². The van der Waals surface area contributed by atoms with E-state index in [-0.39, 0.29) is 17.1 Å². The molecule has 0 saturated heterocycles. The molecule has 3 rings (SSSR count). The third-order valence-electron chi connectivity index (χ3n) is 3.81. The standard InChI is InChI=1S/C19H18ClN3O2S2/c1-3-11(2)25-14-6-4-5-12(9-14)17(24)22-18(26)23-19-21-15-8-7-13(20)10-16(15)27-19/h4-11H,3H2,1-2H3,(H2,21,22,23,24,26)/t11-/m0/s1. The van der Waals surface area contributed by atoms with Gasteiger partial charge in [0.2, 0.25) is 0 Å². The van der Waals surface area contributed by atoms with Crippen molar-refractivity contribution >= 4 is 61.5 Å². The van der Waals surface area contributed by atoms with E-state index in [9.17, 15) is 4.79 Å². The quantitative estimate of drug-likeness (QED) is 0.552. The molecule has 27 heavy (non-hydrogen) atoms. The maximum absolute atomic E-state index is 12.4. The second-order valence-electron chi connectivity index (χ2n) is 5.90. The van der Waals surface area contributed by atoms with Gasteiger partial charge in [0, 0.05) is 10.6 Å². The van der Waals surface area contributed by atoms with Gasteiger partial charge >= 0.3 is 0 Å². The van der Waals surface area contributed by atoms with E-state index in [0.29, 0.717) is 21.5 Å². The summed E-state index contributed by atoms with van der Waals surface area (Å²) in [6.07, 6.45) is 0.969. The molecule has 2 N–H and O–H groups in total. The highest BCUT2D eigenvalue weighted by molar-refractivity contribution is 7.80. The number of aromatic nitrogens is 1. The number of nitrogens with one attached hydrogen (secondary N) is 2. The van der Waals surface area contributed by atoms with Crippen molar-refractivity contribution in [3.05, 3.63) is 53.1 Å². The molecule has 0 unspecified atom stereocenters. The van der Waals surface area contributed by atoms with Crippen LogP contribution in [0.2, 0.25) is 5.02 Å². The molecule has 3 aromatic rings. The predicted molar refractivity (Wildman–Crippen MR) is 115 cm³/mol. The van der Waals surface area contributed by atoms with Crippen LogP contribution >= 0.6 is 35.2 Å². The largest absolute Gasteiger partial charge is 0.491 e. The van der Waals surface area contributed by atoms with Crippen LogP contribution in [0.4, 0.5) is 5.13 Å². The van der Waals surface area contributed by atoms with E-state index >= 15 is 0 Å². The van der Waals surface area contributed by atoms with Crippen LogP contribution in [-0.4, -0.2) is 22.1 Å². The van der Waals surface area contributed by atoms with Gasteiger partial charge in [0.05, 0.1) is 16.3 Å². The van der Waals surface area contributed by atoms with E-state index in [1.165, 1.54) is 11.3 Å². The van der Waals surface area contributed by atoms with Crippen molar-refractivity contribution in [2.45, 2.75) is 26.4 Å². The number of hydrogen-bond donors (Lipinski definition) is 2. The predicted octanol–water partition coefficient (Wildman–Crippen LogP) is 5.25. The van der Waals surface area contributed by atoms with E-state index in [4.69, 9.17) is 28.6 Å². The lowest BCUT2D eigenvalue weighted by molar-refractivity contribution is 0.0977. The number of carbonyl (C=O) groups excluding carboxylic acids is 1. The molecule has 0 aliphatic rings. The Hall–Kier alpha value is -2.22. The highest BCUT2D eigenvalue weighted by Gasteiger charge is 2.12. The first-order valence-corrected chi connectivity index (χ1v) is 10.00. The third kappa shape index (κ3) is 5.15. The molecule has 0 bridgehead atoms. The first kappa shape index (κ1) is 19.5.